The lowest BCUT2D eigenvalue weighted by molar-refractivity contribution is 0.0890. The Labute approximate surface area is 127 Å². The monoisotopic (exact) mass is 300 g/mol. The molecular weight excluding hydrogens is 284 g/mol. The van der Waals surface area contributed by atoms with E-state index in [4.69, 9.17) is 19.5 Å². The van der Waals surface area contributed by atoms with Crippen LogP contribution in [0.25, 0.3) is 0 Å². The lowest BCUT2D eigenvalue weighted by Crippen LogP contribution is -2.34. The second kappa shape index (κ2) is 7.29. The summed E-state index contributed by atoms with van der Waals surface area (Å²) in [6, 6.07) is 11.6. The minimum atomic E-state index is -0.383. The zero-order valence-electron chi connectivity index (χ0n) is 12.1. The molecule has 0 radical (unpaired) electrons. The van der Waals surface area contributed by atoms with Crippen molar-refractivity contribution in [1.29, 1.82) is 5.26 Å². The maximum absolute atomic E-state index is 11.8. The molecule has 0 aliphatic heterocycles. The molecule has 0 saturated heterocycles. The van der Waals surface area contributed by atoms with Gasteiger partial charge in [-0.3, -0.25) is 4.79 Å². The number of ether oxygens (including phenoxy) is 1. The highest BCUT2D eigenvalue weighted by molar-refractivity contribution is 5.91. The first kappa shape index (κ1) is 15.6. The SMILES string of the molecule is CC(CO)NC(=O)c1ccc(COc2ccc(C#N)cc2)o1. The van der Waals surface area contributed by atoms with E-state index in [1.54, 1.807) is 43.3 Å². The van der Waals surface area contributed by atoms with Crippen LogP contribution in [0.4, 0.5) is 0 Å². The van der Waals surface area contributed by atoms with Crippen molar-refractivity contribution in [2.45, 2.75) is 19.6 Å². The summed E-state index contributed by atoms with van der Waals surface area (Å²) in [5.41, 5.74) is 0.558. The van der Waals surface area contributed by atoms with Crippen molar-refractivity contribution in [2.24, 2.45) is 0 Å². The largest absolute Gasteiger partial charge is 0.486 e. The average Bonchev–Trinajstić information content (AvgIpc) is 3.02. The molecule has 0 spiro atoms. The Balaban J connectivity index is 1.91. The van der Waals surface area contributed by atoms with Crippen LogP contribution in [-0.2, 0) is 6.61 Å². The van der Waals surface area contributed by atoms with E-state index in [2.05, 4.69) is 5.32 Å². The van der Waals surface area contributed by atoms with Gasteiger partial charge in [0.05, 0.1) is 18.2 Å². The Bertz CT molecular complexity index is 670. The number of nitrogens with zero attached hydrogens (tertiary/aromatic N) is 1. The second-order valence-electron chi connectivity index (χ2n) is 4.75. The van der Waals surface area contributed by atoms with E-state index in [1.807, 2.05) is 6.07 Å². The van der Waals surface area contributed by atoms with E-state index in [-0.39, 0.29) is 30.9 Å². The number of aliphatic hydroxyl groups excluding tert-OH is 1. The molecule has 0 aliphatic rings. The zero-order valence-corrected chi connectivity index (χ0v) is 12.1. The summed E-state index contributed by atoms with van der Waals surface area (Å²) in [7, 11) is 0. The summed E-state index contributed by atoms with van der Waals surface area (Å²) in [5.74, 6) is 0.895. The first-order chi connectivity index (χ1) is 10.6. The molecular formula is C16H16N2O4. The number of hydrogen-bond donors (Lipinski definition) is 2. The molecule has 0 bridgehead atoms. The lowest BCUT2D eigenvalue weighted by atomic mass is 10.2. The molecule has 2 aromatic rings. The molecule has 0 aliphatic carbocycles. The minimum Gasteiger partial charge on any atom is -0.486 e. The van der Waals surface area contributed by atoms with Crippen LogP contribution >= 0.6 is 0 Å². The maximum atomic E-state index is 11.8. The van der Waals surface area contributed by atoms with Gasteiger partial charge in [-0.05, 0) is 43.3 Å². The predicted molar refractivity (Wildman–Crippen MR) is 78.2 cm³/mol. The van der Waals surface area contributed by atoms with Crippen molar-refractivity contribution >= 4 is 5.91 Å². The Morgan fingerprint density at radius 1 is 1.36 bits per heavy atom. The predicted octanol–water partition coefficient (Wildman–Crippen LogP) is 1.84. The summed E-state index contributed by atoms with van der Waals surface area (Å²) >= 11 is 0. The molecule has 1 heterocycles. The number of rotatable bonds is 6. The number of hydrogen-bond acceptors (Lipinski definition) is 5. The molecule has 0 fully saturated rings. The second-order valence-corrected chi connectivity index (χ2v) is 4.75. The Kier molecular flexibility index (Phi) is 5.17. The molecule has 22 heavy (non-hydrogen) atoms. The van der Waals surface area contributed by atoms with Crippen molar-refractivity contribution in [1.82, 2.24) is 5.32 Å². The van der Waals surface area contributed by atoms with Crippen LogP contribution in [-0.4, -0.2) is 23.7 Å². The molecule has 2 N–H and O–H groups in total. The minimum absolute atomic E-state index is 0.138. The third-order valence-corrected chi connectivity index (χ3v) is 2.90. The van der Waals surface area contributed by atoms with E-state index in [9.17, 15) is 4.79 Å². The maximum Gasteiger partial charge on any atom is 0.287 e. The fourth-order valence-corrected chi connectivity index (χ4v) is 1.70. The van der Waals surface area contributed by atoms with Gasteiger partial charge < -0.3 is 19.6 Å². The van der Waals surface area contributed by atoms with E-state index < -0.39 is 0 Å². The van der Waals surface area contributed by atoms with Crippen LogP contribution in [0.2, 0.25) is 0 Å². The highest BCUT2D eigenvalue weighted by atomic mass is 16.5. The van der Waals surface area contributed by atoms with E-state index in [0.29, 0.717) is 17.1 Å². The summed E-state index contributed by atoms with van der Waals surface area (Å²) in [5, 5.41) is 20.2. The van der Waals surface area contributed by atoms with Gasteiger partial charge >= 0.3 is 0 Å². The van der Waals surface area contributed by atoms with Crippen molar-refractivity contribution in [2.75, 3.05) is 6.61 Å². The summed E-state index contributed by atoms with van der Waals surface area (Å²) in [6.07, 6.45) is 0. The van der Waals surface area contributed by atoms with Crippen molar-refractivity contribution in [3.05, 3.63) is 53.5 Å². The summed E-state index contributed by atoms with van der Waals surface area (Å²) in [6.45, 7) is 1.73. The third-order valence-electron chi connectivity index (χ3n) is 2.90. The van der Waals surface area contributed by atoms with Crippen LogP contribution in [0.5, 0.6) is 5.75 Å². The van der Waals surface area contributed by atoms with Gasteiger partial charge in [-0.2, -0.15) is 5.26 Å². The van der Waals surface area contributed by atoms with Gasteiger partial charge in [-0.15, -0.1) is 0 Å². The smallest absolute Gasteiger partial charge is 0.287 e. The number of aliphatic hydroxyl groups is 1. The van der Waals surface area contributed by atoms with Crippen molar-refractivity contribution < 1.29 is 19.1 Å². The molecule has 2 rings (SSSR count). The number of nitrogens with one attached hydrogen (secondary N) is 1. The normalized spacial score (nSPS) is 11.5. The van der Waals surface area contributed by atoms with E-state index >= 15 is 0 Å². The molecule has 1 amide bonds. The fourth-order valence-electron chi connectivity index (χ4n) is 1.70. The molecule has 6 nitrogen and oxygen atoms in total. The van der Waals surface area contributed by atoms with Crippen molar-refractivity contribution in [3.63, 3.8) is 0 Å². The van der Waals surface area contributed by atoms with Gasteiger partial charge in [-0.25, -0.2) is 0 Å². The fraction of sp³-hybridized carbons (Fsp3) is 0.250. The van der Waals surface area contributed by atoms with Crippen LogP contribution in [0, 0.1) is 11.3 Å². The quantitative estimate of drug-likeness (QED) is 0.848. The molecule has 1 unspecified atom stereocenters. The number of benzene rings is 1. The first-order valence-corrected chi connectivity index (χ1v) is 6.75. The molecule has 1 atom stereocenters. The highest BCUT2D eigenvalue weighted by Gasteiger charge is 2.13. The topological polar surface area (TPSA) is 95.5 Å². The van der Waals surface area contributed by atoms with Crippen LogP contribution in [0.3, 0.4) is 0 Å². The van der Waals surface area contributed by atoms with E-state index in [1.165, 1.54) is 0 Å². The van der Waals surface area contributed by atoms with Gasteiger partial charge in [0.1, 0.15) is 18.1 Å². The Hall–Kier alpha value is -2.78. The van der Waals surface area contributed by atoms with E-state index in [0.717, 1.165) is 0 Å². The first-order valence-electron chi connectivity index (χ1n) is 6.75. The van der Waals surface area contributed by atoms with Crippen LogP contribution in [0.1, 0.15) is 28.8 Å². The molecule has 6 heteroatoms. The van der Waals surface area contributed by atoms with Crippen molar-refractivity contribution in [3.8, 4) is 11.8 Å². The number of carbonyl (C=O) groups is 1. The molecule has 1 aromatic carbocycles. The standard InChI is InChI=1S/C16H16N2O4/c1-11(9-19)18-16(20)15-7-6-14(22-15)10-21-13-4-2-12(8-17)3-5-13/h2-7,11,19H,9-10H2,1H3,(H,18,20). The average molecular weight is 300 g/mol. The van der Waals surface area contributed by atoms with Crippen LogP contribution in [0.15, 0.2) is 40.8 Å². The molecule has 1 aromatic heterocycles. The number of amides is 1. The van der Waals surface area contributed by atoms with Gasteiger partial charge in [0, 0.05) is 6.04 Å². The number of nitriles is 1. The van der Waals surface area contributed by atoms with Gasteiger partial charge in [0.25, 0.3) is 5.91 Å². The number of furan rings is 1. The molecule has 114 valence electrons. The Morgan fingerprint density at radius 2 is 2.09 bits per heavy atom. The number of carbonyl (C=O) groups excluding carboxylic acids is 1. The highest BCUT2D eigenvalue weighted by Crippen LogP contribution is 2.15. The summed E-state index contributed by atoms with van der Waals surface area (Å²) < 4.78 is 10.9. The van der Waals surface area contributed by atoms with Gasteiger partial charge in [-0.1, -0.05) is 0 Å². The summed E-state index contributed by atoms with van der Waals surface area (Å²) in [4.78, 5) is 11.8. The zero-order chi connectivity index (χ0) is 15.9. The van der Waals surface area contributed by atoms with Crippen LogP contribution < -0.4 is 10.1 Å². The van der Waals surface area contributed by atoms with Gasteiger partial charge in [0.15, 0.2) is 5.76 Å². The third kappa shape index (κ3) is 4.11. The van der Waals surface area contributed by atoms with Gasteiger partial charge in [0.2, 0.25) is 0 Å². The molecule has 0 saturated carbocycles. The lowest BCUT2D eigenvalue weighted by Gasteiger charge is -2.08. The Morgan fingerprint density at radius 3 is 2.73 bits per heavy atom.